The number of anilines is 1. The predicted molar refractivity (Wildman–Crippen MR) is 162 cm³/mol. The maximum Gasteiger partial charge on any atom is 0.246 e. The van der Waals surface area contributed by atoms with E-state index in [-0.39, 0.29) is 24.1 Å². The van der Waals surface area contributed by atoms with Crippen LogP contribution in [0.25, 0.3) is 0 Å². The Balaban J connectivity index is 1.25. The van der Waals surface area contributed by atoms with Crippen LogP contribution in [0.3, 0.4) is 0 Å². The molecule has 10 heteroatoms. The van der Waals surface area contributed by atoms with Crippen molar-refractivity contribution in [3.05, 3.63) is 98.2 Å². The summed E-state index contributed by atoms with van der Waals surface area (Å²) < 4.78 is 1.26. The normalized spacial score (nSPS) is 14.4. The summed E-state index contributed by atoms with van der Waals surface area (Å²) in [6.07, 6.45) is 1.21. The summed E-state index contributed by atoms with van der Waals surface area (Å²) in [7, 11) is 0. The Kier molecular flexibility index (Phi) is 9.22. The number of amides is 1. The van der Waals surface area contributed by atoms with E-state index < -0.39 is 6.04 Å². The molecule has 0 radical (unpaired) electrons. The summed E-state index contributed by atoms with van der Waals surface area (Å²) in [6.45, 7) is 4.08. The molecule has 5 rings (SSSR count). The lowest BCUT2D eigenvalue weighted by molar-refractivity contribution is -0.135. The Bertz CT molecular complexity index is 1420. The zero-order valence-electron chi connectivity index (χ0n) is 22.0. The number of aromatic hydroxyl groups is 2. The molecule has 0 aliphatic carbocycles. The topological polar surface area (TPSA) is 81.0 Å². The molecule has 7 nitrogen and oxygen atoms in total. The van der Waals surface area contributed by atoms with Gasteiger partial charge in [0.15, 0.2) is 11.8 Å². The van der Waals surface area contributed by atoms with Crippen molar-refractivity contribution in [2.75, 3.05) is 37.6 Å². The molecule has 1 fully saturated rings. The third-order valence-electron chi connectivity index (χ3n) is 7.27. The molecule has 0 saturated carbocycles. The standard InChI is InChI=1S/C30H32Cl2N4O3S/c31-23-8-7-21(25(32)19-23)18-27(36-28(37)9-10-29(36)38)30(39)35-15-13-34(14-16-35)26-6-2-1-4-22(26)20-33-12-11-24-5-3-17-40-24/h1-10,17,19,27,33,37-38H,11-16,18,20H2/t27-/m1/s1. The van der Waals surface area contributed by atoms with Crippen molar-refractivity contribution in [2.45, 2.75) is 25.4 Å². The first-order chi connectivity index (χ1) is 19.4. The van der Waals surface area contributed by atoms with Gasteiger partial charge in [0.2, 0.25) is 5.91 Å². The van der Waals surface area contributed by atoms with Crippen molar-refractivity contribution >= 4 is 46.1 Å². The second-order valence-corrected chi connectivity index (χ2v) is 11.7. The highest BCUT2D eigenvalue weighted by Gasteiger charge is 2.32. The molecule has 1 saturated heterocycles. The number of benzene rings is 2. The largest absolute Gasteiger partial charge is 0.494 e. The smallest absolute Gasteiger partial charge is 0.246 e. The van der Waals surface area contributed by atoms with Crippen LogP contribution in [-0.4, -0.2) is 58.3 Å². The molecule has 0 bridgehead atoms. The van der Waals surface area contributed by atoms with E-state index in [1.807, 2.05) is 6.07 Å². The zero-order chi connectivity index (χ0) is 28.1. The molecule has 3 N–H and O–H groups in total. The number of nitrogens with zero attached hydrogens (tertiary/aromatic N) is 3. The number of para-hydroxylation sites is 1. The fourth-order valence-electron chi connectivity index (χ4n) is 5.17. The van der Waals surface area contributed by atoms with Gasteiger partial charge in [0.1, 0.15) is 6.04 Å². The molecule has 40 heavy (non-hydrogen) atoms. The minimum Gasteiger partial charge on any atom is -0.494 e. The number of nitrogens with one attached hydrogen (secondary N) is 1. The van der Waals surface area contributed by atoms with Gasteiger partial charge in [-0.2, -0.15) is 0 Å². The highest BCUT2D eigenvalue weighted by Crippen LogP contribution is 2.33. The van der Waals surface area contributed by atoms with E-state index in [1.165, 1.54) is 32.8 Å². The van der Waals surface area contributed by atoms with Crippen LogP contribution in [0.15, 0.2) is 72.1 Å². The zero-order valence-corrected chi connectivity index (χ0v) is 24.3. The molecule has 0 unspecified atom stereocenters. The molecule has 0 spiro atoms. The first kappa shape index (κ1) is 28.4. The summed E-state index contributed by atoms with van der Waals surface area (Å²) in [4.78, 5) is 19.3. The minimum atomic E-state index is -0.861. The van der Waals surface area contributed by atoms with Gasteiger partial charge >= 0.3 is 0 Å². The number of carbonyl (C=O) groups is 1. The molecule has 2 aromatic carbocycles. The van der Waals surface area contributed by atoms with Gasteiger partial charge in [0, 0.05) is 78.4 Å². The fraction of sp³-hybridized carbons (Fsp3) is 0.300. The molecule has 3 heterocycles. The van der Waals surface area contributed by atoms with E-state index in [0.29, 0.717) is 41.8 Å². The number of rotatable bonds is 10. The number of thiophene rings is 1. The quantitative estimate of drug-likeness (QED) is 0.203. The number of carbonyl (C=O) groups excluding carboxylic acids is 1. The van der Waals surface area contributed by atoms with Crippen molar-refractivity contribution in [1.29, 1.82) is 0 Å². The molecule has 1 amide bonds. The van der Waals surface area contributed by atoms with E-state index in [1.54, 1.807) is 34.4 Å². The van der Waals surface area contributed by atoms with Crippen LogP contribution in [0.4, 0.5) is 5.69 Å². The summed E-state index contributed by atoms with van der Waals surface area (Å²) in [5, 5.41) is 27.5. The highest BCUT2D eigenvalue weighted by atomic mass is 35.5. The Morgan fingerprint density at radius 3 is 2.38 bits per heavy atom. The van der Waals surface area contributed by atoms with Crippen LogP contribution in [0, 0.1) is 0 Å². The number of aromatic nitrogens is 1. The van der Waals surface area contributed by atoms with E-state index >= 15 is 0 Å². The van der Waals surface area contributed by atoms with Gasteiger partial charge in [0.25, 0.3) is 0 Å². The van der Waals surface area contributed by atoms with Gasteiger partial charge in [-0.15, -0.1) is 11.3 Å². The Labute approximate surface area is 248 Å². The maximum atomic E-state index is 13.9. The van der Waals surface area contributed by atoms with Crippen molar-refractivity contribution in [3.63, 3.8) is 0 Å². The van der Waals surface area contributed by atoms with Crippen molar-refractivity contribution in [2.24, 2.45) is 0 Å². The van der Waals surface area contributed by atoms with Gasteiger partial charge in [0.05, 0.1) is 0 Å². The van der Waals surface area contributed by atoms with Crippen LogP contribution < -0.4 is 10.2 Å². The van der Waals surface area contributed by atoms with Gasteiger partial charge in [-0.05, 0) is 47.2 Å². The second kappa shape index (κ2) is 13.0. The van der Waals surface area contributed by atoms with Crippen molar-refractivity contribution in [1.82, 2.24) is 14.8 Å². The third kappa shape index (κ3) is 6.58. The lowest BCUT2D eigenvalue weighted by atomic mass is 10.0. The summed E-state index contributed by atoms with van der Waals surface area (Å²) in [5.74, 6) is -0.545. The number of hydrogen-bond donors (Lipinski definition) is 3. The van der Waals surface area contributed by atoms with Gasteiger partial charge in [-0.25, -0.2) is 0 Å². The lowest BCUT2D eigenvalue weighted by Gasteiger charge is -2.38. The van der Waals surface area contributed by atoms with Crippen LogP contribution in [-0.2, 0) is 24.2 Å². The summed E-state index contributed by atoms with van der Waals surface area (Å²) in [5.41, 5.74) is 3.10. The molecule has 4 aromatic rings. The van der Waals surface area contributed by atoms with E-state index in [2.05, 4.69) is 45.9 Å². The predicted octanol–water partition coefficient (Wildman–Crippen LogP) is 5.73. The average Bonchev–Trinajstić information content (AvgIpc) is 3.60. The van der Waals surface area contributed by atoms with Crippen LogP contribution >= 0.6 is 34.5 Å². The molecule has 2 aromatic heterocycles. The monoisotopic (exact) mass is 598 g/mol. The lowest BCUT2D eigenvalue weighted by Crippen LogP contribution is -2.51. The van der Waals surface area contributed by atoms with E-state index in [4.69, 9.17) is 23.2 Å². The van der Waals surface area contributed by atoms with Crippen molar-refractivity contribution in [3.8, 4) is 11.8 Å². The van der Waals surface area contributed by atoms with E-state index in [9.17, 15) is 15.0 Å². The molecule has 1 aliphatic rings. The first-order valence-electron chi connectivity index (χ1n) is 13.3. The number of halogens is 2. The van der Waals surface area contributed by atoms with Gasteiger partial charge < -0.3 is 25.3 Å². The van der Waals surface area contributed by atoms with E-state index in [0.717, 1.165) is 19.5 Å². The fourth-order valence-corrected chi connectivity index (χ4v) is 6.36. The highest BCUT2D eigenvalue weighted by molar-refractivity contribution is 7.09. The van der Waals surface area contributed by atoms with Crippen molar-refractivity contribution < 1.29 is 15.0 Å². The Hall–Kier alpha value is -3.17. The molecule has 1 aliphatic heterocycles. The second-order valence-electron chi connectivity index (χ2n) is 9.82. The average molecular weight is 600 g/mol. The van der Waals surface area contributed by atoms with Crippen LogP contribution in [0.1, 0.15) is 22.0 Å². The molecule has 210 valence electrons. The SMILES string of the molecule is O=C([C@@H](Cc1ccc(Cl)cc1Cl)n1c(O)ccc1O)N1CCN(c2ccccc2CNCCc2cccs2)CC1. The van der Waals surface area contributed by atoms with Crippen LogP contribution in [0.5, 0.6) is 11.8 Å². The molecular weight excluding hydrogens is 567 g/mol. The van der Waals surface area contributed by atoms with Gasteiger partial charge in [-0.3, -0.25) is 9.36 Å². The number of hydrogen-bond acceptors (Lipinski definition) is 6. The first-order valence-corrected chi connectivity index (χ1v) is 14.9. The Morgan fingerprint density at radius 2 is 1.68 bits per heavy atom. The van der Waals surface area contributed by atoms with Crippen LogP contribution in [0.2, 0.25) is 10.0 Å². The summed E-state index contributed by atoms with van der Waals surface area (Å²) in [6, 6.07) is 19.6. The molecular formula is C30H32Cl2N4O3S. The molecule has 1 atom stereocenters. The maximum absolute atomic E-state index is 13.9. The van der Waals surface area contributed by atoms with Gasteiger partial charge in [-0.1, -0.05) is 53.5 Å². The summed E-state index contributed by atoms with van der Waals surface area (Å²) >= 11 is 14.3. The minimum absolute atomic E-state index is 0.180. The number of piperazine rings is 1. The third-order valence-corrected chi connectivity index (χ3v) is 8.79. The Morgan fingerprint density at radius 1 is 0.925 bits per heavy atom.